The van der Waals surface area contributed by atoms with E-state index in [1.54, 1.807) is 19.1 Å². The molecule has 2 aromatic carbocycles. The van der Waals surface area contributed by atoms with Crippen molar-refractivity contribution >= 4 is 34.3 Å². The summed E-state index contributed by atoms with van der Waals surface area (Å²) in [5, 5.41) is 22.6. The Morgan fingerprint density at radius 1 is 1.15 bits per heavy atom. The van der Waals surface area contributed by atoms with Crippen LogP contribution in [0.4, 0.5) is 0 Å². The lowest BCUT2D eigenvalue weighted by Crippen LogP contribution is -2.70. The number of fused-ring (bicyclic) bond motifs is 2. The first-order valence-corrected chi connectivity index (χ1v) is 17.0. The second-order valence-corrected chi connectivity index (χ2v) is 15.0. The van der Waals surface area contributed by atoms with Gasteiger partial charge in [0.05, 0.1) is 29.1 Å². The Morgan fingerprint density at radius 2 is 1.89 bits per heavy atom. The molecule has 5 aliphatic rings. The Morgan fingerprint density at radius 3 is 2.60 bits per heavy atom. The van der Waals surface area contributed by atoms with Gasteiger partial charge in [0.25, 0.3) is 5.97 Å². The van der Waals surface area contributed by atoms with E-state index < -0.39 is 46.7 Å². The average molecular weight is 755 g/mol. The van der Waals surface area contributed by atoms with E-state index in [1.807, 2.05) is 72.0 Å². The number of Topliss-reactive ketones (excluding diaryl/α,β-unsaturated/α-hetero) is 1. The third-order valence-corrected chi connectivity index (χ3v) is 11.6. The molecule has 3 fully saturated rings. The highest BCUT2D eigenvalue weighted by atomic mass is 127. The molecule has 2 saturated heterocycles. The van der Waals surface area contributed by atoms with E-state index in [4.69, 9.17) is 23.7 Å². The second kappa shape index (κ2) is 11.3. The first-order valence-electron chi connectivity index (χ1n) is 15.9. The average Bonchev–Trinajstić information content (AvgIpc) is 3.33. The van der Waals surface area contributed by atoms with Gasteiger partial charge in [0.2, 0.25) is 0 Å². The van der Waals surface area contributed by atoms with E-state index in [2.05, 4.69) is 13.5 Å². The van der Waals surface area contributed by atoms with Crippen molar-refractivity contribution in [2.75, 3.05) is 13.7 Å². The van der Waals surface area contributed by atoms with Crippen LogP contribution >= 0.6 is 22.6 Å². The number of carbonyl (C=O) groups is 2. The summed E-state index contributed by atoms with van der Waals surface area (Å²) in [6.45, 7) is 9.99. The largest absolute Gasteiger partial charge is 0.504 e. The van der Waals surface area contributed by atoms with Gasteiger partial charge in [0.1, 0.15) is 23.9 Å². The van der Waals surface area contributed by atoms with E-state index in [-0.39, 0.29) is 42.6 Å². The van der Waals surface area contributed by atoms with Gasteiger partial charge in [-0.2, -0.15) is 0 Å². The van der Waals surface area contributed by atoms with Gasteiger partial charge in [0.15, 0.2) is 17.3 Å². The molecule has 10 heteroatoms. The molecule has 0 spiro atoms. The van der Waals surface area contributed by atoms with Crippen molar-refractivity contribution in [1.29, 1.82) is 0 Å². The Kier molecular flexibility index (Phi) is 7.79. The molecule has 7 rings (SSSR count). The van der Waals surface area contributed by atoms with Crippen molar-refractivity contribution in [3.63, 3.8) is 0 Å². The maximum Gasteiger partial charge on any atom is 0.310 e. The molecule has 2 aromatic rings. The second-order valence-electron chi connectivity index (χ2n) is 13.8. The smallest absolute Gasteiger partial charge is 0.310 e. The molecule has 5 unspecified atom stereocenters. The van der Waals surface area contributed by atoms with Gasteiger partial charge >= 0.3 is 5.97 Å². The molecule has 1 saturated carbocycles. The first kappa shape index (κ1) is 32.5. The van der Waals surface area contributed by atoms with Gasteiger partial charge in [-0.1, -0.05) is 56.0 Å². The van der Waals surface area contributed by atoms with Gasteiger partial charge in [-0.05, 0) is 88.8 Å². The summed E-state index contributed by atoms with van der Waals surface area (Å²) in [5.41, 5.74) is -0.244. The van der Waals surface area contributed by atoms with Crippen LogP contribution in [0.2, 0.25) is 0 Å². The number of methoxy groups -OCH3 is 1. The van der Waals surface area contributed by atoms with Crippen LogP contribution < -0.4 is 4.74 Å². The van der Waals surface area contributed by atoms with E-state index >= 15 is 0 Å². The zero-order chi connectivity index (χ0) is 33.5. The highest BCUT2D eigenvalue weighted by Gasteiger charge is 2.79. The van der Waals surface area contributed by atoms with Crippen LogP contribution in [0.25, 0.3) is 0 Å². The third kappa shape index (κ3) is 4.85. The highest BCUT2D eigenvalue weighted by Crippen LogP contribution is 2.68. The molecule has 3 aliphatic carbocycles. The highest BCUT2D eigenvalue weighted by molar-refractivity contribution is 14.1. The Balaban J connectivity index is 1.26. The summed E-state index contributed by atoms with van der Waals surface area (Å²) in [4.78, 5) is 26.9. The molecular formula is C37H39IO9. The fourth-order valence-electron chi connectivity index (χ4n) is 8.76. The molecule has 0 amide bonds. The molecule has 0 aromatic heterocycles. The van der Waals surface area contributed by atoms with Crippen molar-refractivity contribution in [2.24, 2.45) is 17.8 Å². The first-order chi connectivity index (χ1) is 22.3. The van der Waals surface area contributed by atoms with E-state index in [0.29, 0.717) is 33.1 Å². The third-order valence-electron chi connectivity index (χ3n) is 10.8. The van der Waals surface area contributed by atoms with Gasteiger partial charge in [-0.3, -0.25) is 9.59 Å². The number of hydrogen-bond donors (Lipinski definition) is 2. The van der Waals surface area contributed by atoms with Gasteiger partial charge in [-0.15, -0.1) is 0 Å². The minimum absolute atomic E-state index is 0.00680. The summed E-state index contributed by atoms with van der Waals surface area (Å²) >= 11 is 1.98. The van der Waals surface area contributed by atoms with Gasteiger partial charge in [-0.25, -0.2) is 0 Å². The summed E-state index contributed by atoms with van der Waals surface area (Å²) in [5.74, 6) is -3.34. The van der Waals surface area contributed by atoms with E-state index in [0.717, 1.165) is 11.1 Å². The number of ketones is 1. The van der Waals surface area contributed by atoms with Gasteiger partial charge in [0, 0.05) is 18.3 Å². The molecular weight excluding hydrogens is 715 g/mol. The van der Waals surface area contributed by atoms with Crippen LogP contribution in [0.1, 0.15) is 44.7 Å². The number of carbonyl (C=O) groups excluding carboxylic acids is 2. The van der Waals surface area contributed by atoms with Crippen molar-refractivity contribution in [3.05, 3.63) is 92.6 Å². The molecule has 248 valence electrons. The summed E-state index contributed by atoms with van der Waals surface area (Å²) in [6, 6.07) is 13.1. The molecule has 3 bridgehead atoms. The van der Waals surface area contributed by atoms with Crippen LogP contribution in [0.3, 0.4) is 0 Å². The number of rotatable bonds is 8. The Bertz CT molecular complexity index is 1730. The van der Waals surface area contributed by atoms with Crippen molar-refractivity contribution in [3.8, 4) is 11.5 Å². The fourth-order valence-corrected chi connectivity index (χ4v) is 9.43. The monoisotopic (exact) mass is 754 g/mol. The maximum atomic E-state index is 13.8. The van der Waals surface area contributed by atoms with Crippen molar-refractivity contribution in [1.82, 2.24) is 0 Å². The lowest BCUT2D eigenvalue weighted by atomic mass is 9.55. The standard InChI is InChI=1S/C37H39IO9/c1-20(2)35-16-22(4)37-26(33(35)45-36(46-35,47-37)18-23-9-7-6-8-10-23)12-25(17-34(42)29(37)11-21(3)32(34)41)19-44-30(39)15-24-13-27(38)31(40)28(14-24)43-5/h6-14,22,26,29,33,40,42H,1,15-19H2,2-5H3/t22?,26?,29?,33?,34-,35-,36?,37-/m1/s1. The Labute approximate surface area is 287 Å². The van der Waals surface area contributed by atoms with E-state index in [1.165, 1.54) is 7.11 Å². The lowest BCUT2D eigenvalue weighted by Gasteiger charge is -2.59. The molecule has 0 radical (unpaired) electrons. The maximum absolute atomic E-state index is 13.8. The van der Waals surface area contributed by atoms with Crippen molar-refractivity contribution in [2.45, 2.75) is 75.3 Å². The predicted molar refractivity (Wildman–Crippen MR) is 179 cm³/mol. The topological polar surface area (TPSA) is 121 Å². The van der Waals surface area contributed by atoms with Crippen LogP contribution in [0, 0.1) is 21.3 Å². The van der Waals surface area contributed by atoms with E-state index in [9.17, 15) is 19.8 Å². The zero-order valence-electron chi connectivity index (χ0n) is 26.9. The number of ether oxygens (including phenoxy) is 5. The number of benzene rings is 2. The zero-order valence-corrected chi connectivity index (χ0v) is 29.0. The van der Waals surface area contributed by atoms with Crippen LogP contribution in [-0.4, -0.2) is 64.6 Å². The van der Waals surface area contributed by atoms with Crippen LogP contribution in [0.15, 0.2) is 77.9 Å². The van der Waals surface area contributed by atoms with Crippen LogP contribution in [-0.2, 0) is 41.4 Å². The predicted octanol–water partition coefficient (Wildman–Crippen LogP) is 5.35. The molecule has 47 heavy (non-hydrogen) atoms. The SMILES string of the molecule is C=C(C)[C@]12CC(C)[C@@]34OC(Cc5ccccc5)(OC1C3C=C(COC(=O)Cc1cc(I)c(O)c(OC)c1)C[C@]1(O)C(=O)C(C)=CC41)O2. The van der Waals surface area contributed by atoms with Gasteiger partial charge < -0.3 is 33.9 Å². The fraction of sp³-hybridized carbons (Fsp3) is 0.459. The summed E-state index contributed by atoms with van der Waals surface area (Å²) < 4.78 is 32.5. The molecule has 8 atom stereocenters. The molecule has 2 aliphatic heterocycles. The number of esters is 1. The number of aliphatic hydroxyl groups is 1. The number of halogens is 1. The Hall–Kier alpha value is -3.03. The minimum atomic E-state index is -1.81. The molecule has 2 heterocycles. The number of phenols is 1. The summed E-state index contributed by atoms with van der Waals surface area (Å²) in [6.07, 6.45) is 4.13. The normalized spacial score (nSPS) is 36.6. The molecule has 9 nitrogen and oxygen atoms in total. The number of phenolic OH excluding ortho intramolecular Hbond substituents is 1. The number of aromatic hydroxyl groups is 1. The lowest BCUT2D eigenvalue weighted by molar-refractivity contribution is -0.421. The van der Waals surface area contributed by atoms with Crippen molar-refractivity contribution < 1.29 is 43.5 Å². The summed E-state index contributed by atoms with van der Waals surface area (Å²) in [7, 11) is 1.45. The quantitative estimate of drug-likeness (QED) is 0.209. The minimum Gasteiger partial charge on any atom is -0.504 e. The molecule has 2 N–H and O–H groups in total. The number of hydrogen-bond acceptors (Lipinski definition) is 9. The van der Waals surface area contributed by atoms with Crippen LogP contribution in [0.5, 0.6) is 11.5 Å².